The zero-order valence-electron chi connectivity index (χ0n) is 11.0. The molecule has 0 atom stereocenters. The summed E-state index contributed by atoms with van der Waals surface area (Å²) in [6.45, 7) is 4.21. The summed E-state index contributed by atoms with van der Waals surface area (Å²) in [5, 5.41) is 8.75. The van der Waals surface area contributed by atoms with Crippen molar-refractivity contribution in [1.29, 1.82) is 0 Å². The van der Waals surface area contributed by atoms with Crippen molar-refractivity contribution < 1.29 is 0 Å². The molecule has 0 bridgehead atoms. The molecule has 2 aromatic heterocycles. The van der Waals surface area contributed by atoms with Crippen LogP contribution in [0.5, 0.6) is 0 Å². The molecule has 2 aromatic rings. The summed E-state index contributed by atoms with van der Waals surface area (Å²) in [6.07, 6.45) is 2.17. The van der Waals surface area contributed by atoms with E-state index in [4.69, 9.17) is 5.73 Å². The first kappa shape index (κ1) is 12.3. The lowest BCUT2D eigenvalue weighted by atomic mass is 10.1. The van der Waals surface area contributed by atoms with Crippen LogP contribution in [0.4, 0.5) is 5.13 Å². The standard InChI is InChI=1S/C13H16N4OS/c1-7(2)10-6-5-9(11-15-16-13(14)19-11)12(18)17(10)8-3-4-8/h5-8H,3-4H2,1-2H3,(H2,14,16). The number of nitrogens with zero attached hydrogens (tertiary/aromatic N) is 3. The summed E-state index contributed by atoms with van der Waals surface area (Å²) < 4.78 is 1.93. The maximum absolute atomic E-state index is 12.6. The van der Waals surface area contributed by atoms with Crippen molar-refractivity contribution in [3.8, 4) is 10.6 Å². The number of nitrogens with two attached hydrogens (primary N) is 1. The van der Waals surface area contributed by atoms with Crippen LogP contribution in [0.2, 0.25) is 0 Å². The van der Waals surface area contributed by atoms with Gasteiger partial charge in [-0.05, 0) is 30.9 Å². The molecule has 0 spiro atoms. The lowest BCUT2D eigenvalue weighted by Gasteiger charge is -2.15. The Morgan fingerprint density at radius 1 is 1.37 bits per heavy atom. The van der Waals surface area contributed by atoms with Gasteiger partial charge in [-0.3, -0.25) is 4.79 Å². The van der Waals surface area contributed by atoms with Gasteiger partial charge in [0, 0.05) is 11.7 Å². The van der Waals surface area contributed by atoms with Gasteiger partial charge in [-0.25, -0.2) is 0 Å². The maximum Gasteiger partial charge on any atom is 0.261 e. The Kier molecular flexibility index (Phi) is 2.89. The fraction of sp³-hybridized carbons (Fsp3) is 0.462. The van der Waals surface area contributed by atoms with Crippen molar-refractivity contribution in [2.45, 2.75) is 38.6 Å². The number of nitrogen functional groups attached to an aromatic ring is 1. The van der Waals surface area contributed by atoms with Gasteiger partial charge in [-0.2, -0.15) is 0 Å². The number of hydrogen-bond acceptors (Lipinski definition) is 5. The predicted octanol–water partition coefficient (Wildman–Crippen LogP) is 2.41. The van der Waals surface area contributed by atoms with E-state index in [9.17, 15) is 4.79 Å². The van der Waals surface area contributed by atoms with Crippen molar-refractivity contribution in [3.05, 3.63) is 28.2 Å². The Labute approximate surface area is 115 Å². The average Bonchev–Trinajstić information content (AvgIpc) is 3.11. The largest absolute Gasteiger partial charge is 0.374 e. The number of anilines is 1. The third-order valence-electron chi connectivity index (χ3n) is 3.32. The molecule has 0 unspecified atom stereocenters. The monoisotopic (exact) mass is 276 g/mol. The fourth-order valence-electron chi connectivity index (χ4n) is 2.25. The molecule has 3 rings (SSSR count). The Hall–Kier alpha value is -1.69. The van der Waals surface area contributed by atoms with Gasteiger partial charge in [0.05, 0.1) is 5.56 Å². The minimum atomic E-state index is 0.0323. The van der Waals surface area contributed by atoms with E-state index in [1.807, 2.05) is 16.7 Å². The zero-order valence-corrected chi connectivity index (χ0v) is 11.8. The molecule has 2 N–H and O–H groups in total. The topological polar surface area (TPSA) is 73.8 Å². The van der Waals surface area contributed by atoms with Crippen LogP contribution in [-0.4, -0.2) is 14.8 Å². The van der Waals surface area contributed by atoms with Gasteiger partial charge in [0.2, 0.25) is 5.13 Å². The molecular weight excluding hydrogens is 260 g/mol. The van der Waals surface area contributed by atoms with Crippen LogP contribution < -0.4 is 11.3 Å². The second kappa shape index (κ2) is 4.45. The minimum Gasteiger partial charge on any atom is -0.374 e. The van der Waals surface area contributed by atoms with Crippen molar-refractivity contribution in [1.82, 2.24) is 14.8 Å². The molecule has 0 aromatic carbocycles. The molecule has 1 fully saturated rings. The smallest absolute Gasteiger partial charge is 0.261 e. The molecule has 100 valence electrons. The second-order valence-electron chi connectivity index (χ2n) is 5.18. The summed E-state index contributed by atoms with van der Waals surface area (Å²) in [6, 6.07) is 4.23. The van der Waals surface area contributed by atoms with Crippen molar-refractivity contribution in [2.75, 3.05) is 5.73 Å². The van der Waals surface area contributed by atoms with E-state index >= 15 is 0 Å². The van der Waals surface area contributed by atoms with Crippen LogP contribution in [-0.2, 0) is 0 Å². The van der Waals surface area contributed by atoms with Crippen LogP contribution in [0.15, 0.2) is 16.9 Å². The van der Waals surface area contributed by atoms with E-state index in [2.05, 4.69) is 24.0 Å². The summed E-state index contributed by atoms with van der Waals surface area (Å²) in [7, 11) is 0. The van der Waals surface area contributed by atoms with Crippen LogP contribution in [0.25, 0.3) is 10.6 Å². The predicted molar refractivity (Wildman–Crippen MR) is 76.4 cm³/mol. The molecule has 6 heteroatoms. The van der Waals surface area contributed by atoms with Gasteiger partial charge in [-0.15, -0.1) is 10.2 Å². The summed E-state index contributed by atoms with van der Waals surface area (Å²) in [5.74, 6) is 0.335. The van der Waals surface area contributed by atoms with Crippen molar-refractivity contribution in [3.63, 3.8) is 0 Å². The zero-order chi connectivity index (χ0) is 13.6. The molecule has 19 heavy (non-hydrogen) atoms. The first-order valence-electron chi connectivity index (χ1n) is 6.42. The number of aromatic nitrogens is 3. The maximum atomic E-state index is 12.6. The summed E-state index contributed by atoms with van der Waals surface area (Å²) in [4.78, 5) is 12.6. The molecule has 1 aliphatic rings. The Balaban J connectivity index is 2.18. The van der Waals surface area contributed by atoms with Crippen LogP contribution in [0.3, 0.4) is 0 Å². The van der Waals surface area contributed by atoms with Gasteiger partial charge in [0.25, 0.3) is 5.56 Å². The lowest BCUT2D eigenvalue weighted by Crippen LogP contribution is -2.24. The molecule has 0 radical (unpaired) electrons. The van der Waals surface area contributed by atoms with Gasteiger partial charge in [0.1, 0.15) is 0 Å². The number of rotatable bonds is 3. The lowest BCUT2D eigenvalue weighted by molar-refractivity contribution is 0.627. The first-order chi connectivity index (χ1) is 9.08. The Morgan fingerprint density at radius 2 is 2.11 bits per heavy atom. The Morgan fingerprint density at radius 3 is 2.63 bits per heavy atom. The molecular formula is C13H16N4OS. The third kappa shape index (κ3) is 2.16. The van der Waals surface area contributed by atoms with E-state index in [1.165, 1.54) is 11.3 Å². The highest BCUT2D eigenvalue weighted by molar-refractivity contribution is 7.18. The van der Waals surface area contributed by atoms with E-state index in [0.717, 1.165) is 18.5 Å². The highest BCUT2D eigenvalue weighted by Gasteiger charge is 2.28. The van der Waals surface area contributed by atoms with E-state index in [0.29, 0.717) is 27.7 Å². The molecule has 1 saturated carbocycles. The van der Waals surface area contributed by atoms with E-state index < -0.39 is 0 Å². The van der Waals surface area contributed by atoms with Crippen molar-refractivity contribution in [2.24, 2.45) is 0 Å². The van der Waals surface area contributed by atoms with Gasteiger partial charge in [-0.1, -0.05) is 25.2 Å². The second-order valence-corrected chi connectivity index (χ2v) is 6.19. The van der Waals surface area contributed by atoms with Gasteiger partial charge >= 0.3 is 0 Å². The van der Waals surface area contributed by atoms with Crippen molar-refractivity contribution >= 4 is 16.5 Å². The fourth-order valence-corrected chi connectivity index (χ4v) is 2.88. The SMILES string of the molecule is CC(C)c1ccc(-c2nnc(N)s2)c(=O)n1C1CC1. The minimum absolute atomic E-state index is 0.0323. The van der Waals surface area contributed by atoms with Crippen LogP contribution in [0.1, 0.15) is 44.3 Å². The summed E-state index contributed by atoms with van der Waals surface area (Å²) >= 11 is 1.25. The van der Waals surface area contributed by atoms with Crippen LogP contribution >= 0.6 is 11.3 Å². The average molecular weight is 276 g/mol. The number of hydrogen-bond donors (Lipinski definition) is 1. The van der Waals surface area contributed by atoms with E-state index in [1.54, 1.807) is 0 Å². The summed E-state index contributed by atoms with van der Waals surface area (Å²) in [5.41, 5.74) is 7.32. The molecule has 5 nitrogen and oxygen atoms in total. The van der Waals surface area contributed by atoms with Crippen LogP contribution in [0, 0.1) is 0 Å². The number of pyridine rings is 1. The quantitative estimate of drug-likeness (QED) is 0.934. The molecule has 1 aliphatic carbocycles. The molecule has 2 heterocycles. The molecule has 0 aliphatic heterocycles. The Bertz CT molecular complexity index is 670. The molecule has 0 saturated heterocycles. The molecule has 0 amide bonds. The van der Waals surface area contributed by atoms with Gasteiger partial charge in [0.15, 0.2) is 5.01 Å². The normalized spacial score (nSPS) is 15.1. The highest BCUT2D eigenvalue weighted by atomic mass is 32.1. The van der Waals surface area contributed by atoms with E-state index in [-0.39, 0.29) is 5.56 Å². The first-order valence-corrected chi connectivity index (χ1v) is 7.24. The third-order valence-corrected chi connectivity index (χ3v) is 4.11. The highest BCUT2D eigenvalue weighted by Crippen LogP contribution is 2.36. The van der Waals surface area contributed by atoms with Gasteiger partial charge < -0.3 is 10.3 Å².